The predicted molar refractivity (Wildman–Crippen MR) is 534 cm³/mol. The molecule has 0 aliphatic heterocycles. The number of methoxy groups -OCH3 is 2. The van der Waals surface area contributed by atoms with E-state index in [4.69, 9.17) is 20.6 Å². The molecular weight excluding hydrogens is 1520 g/mol. The van der Waals surface area contributed by atoms with E-state index in [1.54, 1.807) is 34.9 Å². The summed E-state index contributed by atoms with van der Waals surface area (Å²) in [4.78, 5) is 0. The zero-order chi connectivity index (χ0) is 88.0. The molecule has 0 saturated carbocycles. The maximum Gasteiger partial charge on any atom is 0.161 e. The van der Waals surface area contributed by atoms with Gasteiger partial charge in [-0.25, -0.2) is 0 Å². The van der Waals surface area contributed by atoms with Gasteiger partial charge in [-0.1, -0.05) is 359 Å². The molecule has 10 aromatic rings. The fourth-order valence-electron chi connectivity index (χ4n) is 22.3. The molecule has 6 aliphatic rings. The summed E-state index contributed by atoms with van der Waals surface area (Å²) in [6.07, 6.45) is 18.0. The summed E-state index contributed by atoms with van der Waals surface area (Å²) >= 11 is 7.32. The van der Waals surface area contributed by atoms with Crippen LogP contribution in [-0.4, -0.2) is 29.7 Å². The fourth-order valence-corrected chi connectivity index (χ4v) is 30.2. The molecule has 0 spiro atoms. The zero-order valence-corrected chi connectivity index (χ0v) is 82.8. The van der Waals surface area contributed by atoms with Crippen molar-refractivity contribution in [3.8, 4) is 78.3 Å². The van der Waals surface area contributed by atoms with Gasteiger partial charge in [-0.15, -0.1) is 0 Å². The van der Waals surface area contributed by atoms with Gasteiger partial charge in [0.25, 0.3) is 0 Å². The van der Waals surface area contributed by atoms with Gasteiger partial charge in [0, 0.05) is 38.9 Å². The van der Waals surface area contributed by atoms with Gasteiger partial charge < -0.3 is 9.47 Å². The molecule has 2 nitrogen and oxygen atoms in total. The Morgan fingerprint density at radius 2 is 0.628 bits per heavy atom. The van der Waals surface area contributed by atoms with E-state index in [9.17, 15) is 0 Å². The van der Waals surface area contributed by atoms with E-state index in [2.05, 4.69) is 376 Å². The molecule has 121 heavy (non-hydrogen) atoms. The summed E-state index contributed by atoms with van der Waals surface area (Å²) in [5.74, 6) is 2.06. The van der Waals surface area contributed by atoms with E-state index in [1.165, 1.54) is 196 Å². The van der Waals surface area contributed by atoms with Crippen molar-refractivity contribution in [1.29, 1.82) is 0 Å². The van der Waals surface area contributed by atoms with E-state index >= 15 is 0 Å². The largest absolute Gasteiger partial charge is 0.496 e. The van der Waals surface area contributed by atoms with Crippen molar-refractivity contribution in [3.05, 3.63) is 290 Å². The van der Waals surface area contributed by atoms with Crippen molar-refractivity contribution in [2.24, 2.45) is 0 Å². The van der Waals surface area contributed by atoms with Crippen LogP contribution in [0.4, 0.5) is 0 Å². The molecule has 0 radical (unpaired) electrons. The Morgan fingerprint density at radius 1 is 0.314 bits per heavy atom. The van der Waals surface area contributed by atoms with Crippen LogP contribution in [0.15, 0.2) is 168 Å². The average Bonchev–Trinajstić information content (AvgIpc) is 1.53. The number of aryl methyl sites for hydroxylation is 4. The fraction of sp³-hybridized carbons (Fsp3) is 0.414. The first-order valence-electron chi connectivity index (χ1n) is 45.3. The van der Waals surface area contributed by atoms with E-state index in [0.29, 0.717) is 16.6 Å². The van der Waals surface area contributed by atoms with Crippen molar-refractivity contribution in [2.75, 3.05) is 14.2 Å². The molecule has 632 valence electrons. The van der Waals surface area contributed by atoms with Crippen LogP contribution >= 0.6 is 11.1 Å². The maximum atomic E-state index is 7.32. The molecule has 0 amide bonds. The third kappa shape index (κ3) is 16.9. The van der Waals surface area contributed by atoms with Gasteiger partial charge >= 0.3 is 0 Å². The van der Waals surface area contributed by atoms with Gasteiger partial charge in [-0.2, -0.15) is 11.1 Å². The van der Waals surface area contributed by atoms with Crippen LogP contribution in [0.5, 0.6) is 11.5 Å². The van der Waals surface area contributed by atoms with Gasteiger partial charge in [0.15, 0.2) is 7.38 Å². The number of hydrogen-bond acceptors (Lipinski definition) is 2. The number of hydrogen-bond donors (Lipinski definition) is 0. The number of halogens is 1. The Bertz CT molecular complexity index is 5830. The molecule has 0 saturated heterocycles. The normalized spacial score (nSPS) is 16.9. The Hall–Kier alpha value is -8.52. The number of allylic oxidation sites excluding steroid dienone is 4. The van der Waals surface area contributed by atoms with Crippen molar-refractivity contribution in [1.82, 2.24) is 0 Å². The van der Waals surface area contributed by atoms with Crippen molar-refractivity contribution in [2.45, 2.75) is 300 Å². The second-order valence-electron chi connectivity index (χ2n) is 44.6. The highest BCUT2D eigenvalue weighted by molar-refractivity contribution is 7.20. The van der Waals surface area contributed by atoms with Crippen molar-refractivity contribution >= 4 is 50.8 Å². The minimum Gasteiger partial charge on any atom is -0.496 e. The van der Waals surface area contributed by atoms with Crippen LogP contribution in [-0.2, 0) is 64.6 Å². The van der Waals surface area contributed by atoms with Crippen LogP contribution in [0.2, 0.25) is 26.2 Å². The first kappa shape index (κ1) is 88.8. The first-order valence-corrected chi connectivity index (χ1v) is 52.6. The summed E-state index contributed by atoms with van der Waals surface area (Å²) in [5, 5.41) is 0. The minimum atomic E-state index is -2.29. The highest BCUT2D eigenvalue weighted by atomic mass is 35.6. The molecule has 0 heterocycles. The topological polar surface area (TPSA) is 18.5 Å². The number of ether oxygens (including phenoxy) is 2. The lowest BCUT2D eigenvalue weighted by atomic mass is 9.81. The highest BCUT2D eigenvalue weighted by Crippen LogP contribution is 2.62. The van der Waals surface area contributed by atoms with E-state index in [1.807, 2.05) is 7.11 Å². The predicted octanol–water partition coefficient (Wildman–Crippen LogP) is 33.0. The molecule has 10 aromatic carbocycles. The summed E-state index contributed by atoms with van der Waals surface area (Å²) in [6, 6.07) is 56.9. The smallest absolute Gasteiger partial charge is 0.161 e. The molecule has 0 N–H and O–H groups in total. The highest BCUT2D eigenvalue weighted by Gasteiger charge is 2.51. The summed E-state index contributed by atoms with van der Waals surface area (Å²) in [7, 11) is -0.648. The quantitative estimate of drug-likeness (QED) is 0.0949. The van der Waals surface area contributed by atoms with Gasteiger partial charge in [-0.3, -0.25) is 0 Å². The van der Waals surface area contributed by atoms with E-state index in [-0.39, 0.29) is 32.5 Å². The average molecular weight is 1660 g/mol. The lowest BCUT2D eigenvalue weighted by Crippen LogP contribution is -2.42. The lowest BCUT2D eigenvalue weighted by Gasteiger charge is -2.41. The third-order valence-electron chi connectivity index (χ3n) is 27.7. The molecule has 0 bridgehead atoms. The van der Waals surface area contributed by atoms with Crippen molar-refractivity contribution in [3.63, 3.8) is 0 Å². The van der Waals surface area contributed by atoms with E-state index < -0.39 is 15.5 Å². The van der Waals surface area contributed by atoms with Crippen LogP contribution in [0.1, 0.15) is 304 Å². The van der Waals surface area contributed by atoms with Crippen LogP contribution in [0.3, 0.4) is 0 Å². The Labute approximate surface area is 738 Å². The molecule has 3 unspecified atom stereocenters. The SMILES string of the molecule is CC1=Cc2c(-c3ccc(C(C)(C)C)cc3)c3c(c(-c4ccc(C(C)(C)C)cc4)c2C1[Si](C)(C)Cl)CCC3.COc1c(C(C)(C)C)cc2c(c1-c1cc(C)cc(C)c1)C=C(C)C2[Si](C)(C)C1C(C)=Cc2c(-c3ccc(C(C)(C)C)cc3)c3c(c(-c4ccc(C(C)(C)C)cc4)c21)CCC3.COc1c(C(C)(C)C)cc2c(c1-c1cc(C)cc(C)c1)CC(C)=C2. The molecule has 6 aliphatic carbocycles. The summed E-state index contributed by atoms with van der Waals surface area (Å²) in [5.41, 5.74) is 55.2. The molecule has 16 rings (SSSR count). The molecule has 0 aromatic heterocycles. The number of fused-ring (bicyclic) bond motifs is 6. The lowest BCUT2D eigenvalue weighted by molar-refractivity contribution is 0.398. The number of rotatable bonds is 11. The maximum absolute atomic E-state index is 7.32. The standard InChI is InChI=1S/C58H70OSi.C35H43ClSi.C23H28O/c1-34-28-35(2)30-40(29-34)51-45-31-36(3)54(46(45)33-48(53(51)59-14)58(11,12)13)60(15,16)55-37(4)32-47-49(38-20-24-41(25-21-38)56(5,6)7)43-18-17-19-44(43)50(52(47)55)39-22-26-42(27-23-39)57(8,9)10;1-22-21-29-30(23-13-17-25(18-14-23)34(2,3)4)27-11-10-12-28(27)31(32(29)33(22)37(8,9)36)24-15-19-26(20-16-24)35(5,6)7;1-14-8-15(2)11-18(10-14)21-19-12-16(3)9-17(19)13-20(22(21)24-7)23(4,5)6/h20-33,54-55H,17-19H2,1-16H3;13-21,33H,10-12H2,1-9H3;8-11,13H,12H2,1-7H3. The third-order valence-corrected chi connectivity index (χ3v) is 34.9. The zero-order valence-electron chi connectivity index (χ0n) is 80.0. The number of benzene rings is 10. The minimum absolute atomic E-state index is 0.0400. The Balaban J connectivity index is 0.000000166. The molecular formula is C116H141ClO2Si2. The molecule has 5 heteroatoms. The van der Waals surface area contributed by atoms with Gasteiger partial charge in [0.2, 0.25) is 0 Å². The Morgan fingerprint density at radius 3 is 0.983 bits per heavy atom. The summed E-state index contributed by atoms with van der Waals surface area (Å²) in [6.45, 7) is 69.8. The second kappa shape index (κ2) is 32.2. The Kier molecular flexibility index (Phi) is 23.6. The van der Waals surface area contributed by atoms with Gasteiger partial charge in [-0.05, 0) is 284 Å². The van der Waals surface area contributed by atoms with E-state index in [0.717, 1.165) is 43.6 Å². The van der Waals surface area contributed by atoms with Gasteiger partial charge in [0.05, 0.1) is 22.3 Å². The van der Waals surface area contributed by atoms with Gasteiger partial charge in [0.1, 0.15) is 11.5 Å². The van der Waals surface area contributed by atoms with Crippen molar-refractivity contribution < 1.29 is 9.47 Å². The van der Waals surface area contributed by atoms with Crippen LogP contribution in [0.25, 0.3) is 91.1 Å². The monoisotopic (exact) mass is 1660 g/mol. The second-order valence-corrected chi connectivity index (χ2v) is 56.0. The summed E-state index contributed by atoms with van der Waals surface area (Å²) < 4.78 is 12.4. The van der Waals surface area contributed by atoms with Crippen LogP contribution < -0.4 is 9.47 Å². The molecule has 0 fully saturated rings. The van der Waals surface area contributed by atoms with Crippen LogP contribution in [0, 0.1) is 27.7 Å². The first-order chi connectivity index (χ1) is 56.4. The molecule has 3 atom stereocenters.